The summed E-state index contributed by atoms with van der Waals surface area (Å²) in [5.41, 5.74) is 1.82. The van der Waals surface area contributed by atoms with Gasteiger partial charge >= 0.3 is 12.2 Å². The van der Waals surface area contributed by atoms with Crippen molar-refractivity contribution < 1.29 is 17.9 Å². The fourth-order valence-electron chi connectivity index (χ4n) is 5.27. The lowest BCUT2D eigenvalue weighted by Crippen LogP contribution is -2.42. The Bertz CT molecular complexity index is 1130. The molecule has 1 saturated carbocycles. The maximum atomic E-state index is 14.1. The predicted octanol–water partition coefficient (Wildman–Crippen LogP) is 6.23. The summed E-state index contributed by atoms with van der Waals surface area (Å²) < 4.78 is 47.2. The molecule has 0 bridgehead atoms. The van der Waals surface area contributed by atoms with Crippen molar-refractivity contribution in [2.24, 2.45) is 11.8 Å². The fraction of sp³-hybridized carbons (Fsp3) is 0.480. The highest BCUT2D eigenvalue weighted by Gasteiger charge is 2.38. The number of nitrogens with zero attached hydrogens (tertiary/aromatic N) is 4. The van der Waals surface area contributed by atoms with Gasteiger partial charge in [-0.1, -0.05) is 25.3 Å². The first-order valence-electron chi connectivity index (χ1n) is 11.7. The normalized spacial score (nSPS) is 20.8. The zero-order valence-electron chi connectivity index (χ0n) is 19.0. The van der Waals surface area contributed by atoms with Crippen molar-refractivity contribution in [3.05, 3.63) is 52.1 Å². The van der Waals surface area contributed by atoms with Gasteiger partial charge in [0.2, 0.25) is 0 Å². The summed E-state index contributed by atoms with van der Waals surface area (Å²) in [4.78, 5) is 14.7. The van der Waals surface area contributed by atoms with Gasteiger partial charge in [0.05, 0.1) is 23.4 Å². The van der Waals surface area contributed by atoms with Crippen molar-refractivity contribution in [1.29, 1.82) is 0 Å². The van der Waals surface area contributed by atoms with E-state index in [2.05, 4.69) is 15.0 Å². The minimum absolute atomic E-state index is 0.270. The van der Waals surface area contributed by atoms with E-state index in [0.29, 0.717) is 41.7 Å². The molecule has 1 aliphatic carbocycles. The van der Waals surface area contributed by atoms with Crippen LogP contribution in [0.5, 0.6) is 6.01 Å². The van der Waals surface area contributed by atoms with E-state index in [0.717, 1.165) is 30.0 Å². The minimum atomic E-state index is -4.40. The monoisotopic (exact) mass is 488 g/mol. The van der Waals surface area contributed by atoms with Crippen LogP contribution in [0, 0.1) is 11.8 Å². The van der Waals surface area contributed by atoms with E-state index < -0.39 is 11.7 Å². The molecule has 3 heterocycles. The molecule has 34 heavy (non-hydrogen) atoms. The summed E-state index contributed by atoms with van der Waals surface area (Å²) in [7, 11) is 1.49. The largest absolute Gasteiger partial charge is 0.467 e. The molecule has 0 N–H and O–H groups in total. The number of rotatable bonds is 5. The SMILES string of the molecule is COc1ncc(-c2csc(Cc3ccc(N4CCC5CCCCC5C4)c(C(F)(F)F)c3)n2)cn1. The lowest BCUT2D eigenvalue weighted by atomic mass is 9.75. The first-order valence-corrected chi connectivity index (χ1v) is 12.5. The molecule has 0 spiro atoms. The van der Waals surface area contributed by atoms with E-state index in [1.54, 1.807) is 18.5 Å². The number of piperidine rings is 1. The van der Waals surface area contributed by atoms with Crippen LogP contribution in [0.15, 0.2) is 36.0 Å². The van der Waals surface area contributed by atoms with Gasteiger partial charge in [-0.3, -0.25) is 0 Å². The highest BCUT2D eigenvalue weighted by atomic mass is 32.1. The Labute approximate surface area is 201 Å². The maximum Gasteiger partial charge on any atom is 0.418 e. The van der Waals surface area contributed by atoms with Crippen LogP contribution in [0.1, 0.15) is 48.2 Å². The van der Waals surface area contributed by atoms with Crippen LogP contribution in [-0.2, 0) is 12.6 Å². The van der Waals surface area contributed by atoms with Gasteiger partial charge in [0.25, 0.3) is 0 Å². The van der Waals surface area contributed by atoms with E-state index in [-0.39, 0.29) is 6.01 Å². The average Bonchev–Trinajstić information content (AvgIpc) is 3.31. The van der Waals surface area contributed by atoms with E-state index in [1.165, 1.54) is 43.8 Å². The number of hydrogen-bond donors (Lipinski definition) is 0. The maximum absolute atomic E-state index is 14.1. The Balaban J connectivity index is 1.35. The number of benzene rings is 1. The number of hydrogen-bond acceptors (Lipinski definition) is 6. The van der Waals surface area contributed by atoms with Crippen LogP contribution in [-0.4, -0.2) is 35.2 Å². The van der Waals surface area contributed by atoms with Crippen molar-refractivity contribution in [2.45, 2.75) is 44.7 Å². The van der Waals surface area contributed by atoms with Crippen molar-refractivity contribution in [1.82, 2.24) is 15.0 Å². The average molecular weight is 489 g/mol. The highest BCUT2D eigenvalue weighted by Crippen LogP contribution is 2.42. The second-order valence-corrected chi connectivity index (χ2v) is 10.1. The van der Waals surface area contributed by atoms with E-state index in [9.17, 15) is 13.2 Å². The lowest BCUT2D eigenvalue weighted by molar-refractivity contribution is -0.137. The third kappa shape index (κ3) is 4.89. The van der Waals surface area contributed by atoms with Gasteiger partial charge in [-0.15, -0.1) is 11.3 Å². The van der Waals surface area contributed by atoms with Crippen molar-refractivity contribution >= 4 is 17.0 Å². The van der Waals surface area contributed by atoms with Crippen LogP contribution in [0.3, 0.4) is 0 Å². The Kier molecular flexibility index (Phi) is 6.46. The summed E-state index contributed by atoms with van der Waals surface area (Å²) in [5, 5.41) is 2.61. The Morgan fingerprint density at radius 3 is 2.59 bits per heavy atom. The quantitative estimate of drug-likeness (QED) is 0.426. The highest BCUT2D eigenvalue weighted by molar-refractivity contribution is 7.10. The van der Waals surface area contributed by atoms with Gasteiger partial charge in [0.1, 0.15) is 0 Å². The van der Waals surface area contributed by atoms with E-state index >= 15 is 0 Å². The first-order chi connectivity index (χ1) is 16.4. The van der Waals surface area contributed by atoms with Crippen LogP contribution < -0.4 is 9.64 Å². The van der Waals surface area contributed by atoms with Gasteiger partial charge in [-0.25, -0.2) is 15.0 Å². The van der Waals surface area contributed by atoms with Gasteiger partial charge < -0.3 is 9.64 Å². The smallest absolute Gasteiger partial charge is 0.418 e. The molecule has 2 atom stereocenters. The van der Waals surface area contributed by atoms with Gasteiger partial charge in [-0.05, 0) is 42.4 Å². The molecule has 1 aromatic carbocycles. The predicted molar refractivity (Wildman–Crippen MR) is 126 cm³/mol. The van der Waals surface area contributed by atoms with Gasteiger partial charge in [-0.2, -0.15) is 13.2 Å². The fourth-order valence-corrected chi connectivity index (χ4v) is 6.11. The molecule has 1 saturated heterocycles. The van der Waals surface area contributed by atoms with Crippen LogP contribution in [0.25, 0.3) is 11.3 Å². The standard InChI is InChI=1S/C25H27F3N4OS/c1-33-24-29-12-19(13-30-24)21-15-34-23(31-21)11-16-6-7-22(20(10-16)25(26,27)28)32-9-8-17-4-2-3-5-18(17)14-32/h6-7,10,12-13,15,17-18H,2-5,8-9,11,14H2,1H3. The van der Waals surface area contributed by atoms with Gasteiger partial charge in [0.15, 0.2) is 0 Å². The molecule has 2 unspecified atom stereocenters. The summed E-state index contributed by atoms with van der Waals surface area (Å²) in [6, 6.07) is 5.05. The molecular formula is C25H27F3N4OS. The third-order valence-electron chi connectivity index (χ3n) is 7.01. The molecule has 2 aromatic heterocycles. The van der Waals surface area contributed by atoms with Crippen molar-refractivity contribution in [3.63, 3.8) is 0 Å². The number of halogens is 3. The second kappa shape index (κ2) is 9.52. The van der Waals surface area contributed by atoms with Gasteiger partial charge in [0, 0.05) is 48.5 Å². The third-order valence-corrected chi connectivity index (χ3v) is 7.86. The Hall–Kier alpha value is -2.68. The lowest BCUT2D eigenvalue weighted by Gasteiger charge is -2.43. The molecule has 2 fully saturated rings. The summed E-state index contributed by atoms with van der Waals surface area (Å²) in [6.07, 6.45) is 4.98. The van der Waals surface area contributed by atoms with E-state index in [4.69, 9.17) is 4.74 Å². The Morgan fingerprint density at radius 2 is 1.85 bits per heavy atom. The number of aromatic nitrogens is 3. The summed E-state index contributed by atoms with van der Waals surface area (Å²) in [5.74, 6) is 1.19. The van der Waals surface area contributed by atoms with Crippen LogP contribution >= 0.6 is 11.3 Å². The van der Waals surface area contributed by atoms with Crippen LogP contribution in [0.2, 0.25) is 0 Å². The molecule has 1 aliphatic heterocycles. The zero-order valence-corrected chi connectivity index (χ0v) is 19.8. The minimum Gasteiger partial charge on any atom is -0.467 e. The molecule has 0 radical (unpaired) electrons. The molecule has 0 amide bonds. The van der Waals surface area contributed by atoms with Crippen molar-refractivity contribution in [2.75, 3.05) is 25.1 Å². The molecule has 2 aliphatic rings. The molecule has 3 aromatic rings. The van der Waals surface area contributed by atoms with E-state index in [1.807, 2.05) is 16.3 Å². The molecule has 5 nitrogen and oxygen atoms in total. The number of thiazole rings is 1. The molecule has 5 rings (SSSR count). The first kappa shape index (κ1) is 23.1. The number of alkyl halides is 3. The number of fused-ring (bicyclic) bond motifs is 1. The van der Waals surface area contributed by atoms with Crippen LogP contribution in [0.4, 0.5) is 18.9 Å². The number of anilines is 1. The topological polar surface area (TPSA) is 51.1 Å². The zero-order chi connectivity index (χ0) is 23.7. The number of methoxy groups -OCH3 is 1. The Morgan fingerprint density at radius 1 is 1.09 bits per heavy atom. The number of ether oxygens (including phenoxy) is 1. The molecule has 9 heteroatoms. The molecule has 180 valence electrons. The molecular weight excluding hydrogens is 461 g/mol. The summed E-state index contributed by atoms with van der Waals surface area (Å²) in [6.45, 7) is 1.43. The summed E-state index contributed by atoms with van der Waals surface area (Å²) >= 11 is 1.42. The second-order valence-electron chi connectivity index (χ2n) is 9.15. The van der Waals surface area contributed by atoms with Crippen molar-refractivity contribution in [3.8, 4) is 17.3 Å².